The van der Waals surface area contributed by atoms with E-state index in [-0.39, 0.29) is 12.4 Å². The molecule has 11 heteroatoms. The van der Waals surface area contributed by atoms with Crippen LogP contribution in [0.15, 0.2) is 0 Å². The van der Waals surface area contributed by atoms with Crippen molar-refractivity contribution in [2.24, 2.45) is 0 Å². The van der Waals surface area contributed by atoms with Crippen molar-refractivity contribution >= 4 is 10.1 Å². The molecular formula is C27H56NO9S+. The minimum Gasteiger partial charge on any atom is -0.394 e. The lowest BCUT2D eigenvalue weighted by Gasteiger charge is -2.39. The molecule has 0 bridgehead atoms. The van der Waals surface area contributed by atoms with Gasteiger partial charge in [-0.2, -0.15) is 8.42 Å². The molecule has 1 unspecified atom stereocenters. The minimum atomic E-state index is -3.96. The van der Waals surface area contributed by atoms with Crippen molar-refractivity contribution in [1.82, 2.24) is 0 Å². The molecular weight excluding hydrogens is 514 g/mol. The van der Waals surface area contributed by atoms with E-state index in [9.17, 15) is 28.8 Å². The molecule has 0 amide bonds. The van der Waals surface area contributed by atoms with Crippen LogP contribution in [0.1, 0.15) is 103 Å². The van der Waals surface area contributed by atoms with Crippen LogP contribution in [0.25, 0.3) is 0 Å². The lowest BCUT2D eigenvalue weighted by Crippen LogP contribution is -3.12. The summed E-state index contributed by atoms with van der Waals surface area (Å²) in [6.07, 6.45) is 11.0. The van der Waals surface area contributed by atoms with E-state index in [0.717, 1.165) is 25.9 Å². The molecule has 38 heavy (non-hydrogen) atoms. The maximum atomic E-state index is 11.1. The fourth-order valence-electron chi connectivity index (χ4n) is 4.98. The summed E-state index contributed by atoms with van der Waals surface area (Å²) in [5.41, 5.74) is 0. The fourth-order valence-corrected chi connectivity index (χ4v) is 5.49. The molecule has 1 rings (SSSR count). The highest BCUT2D eigenvalue weighted by Crippen LogP contribution is 2.22. The molecule has 228 valence electrons. The van der Waals surface area contributed by atoms with E-state index in [2.05, 4.69) is 6.92 Å². The molecule has 6 atom stereocenters. The molecule has 0 aromatic heterocycles. The van der Waals surface area contributed by atoms with Gasteiger partial charge in [-0.25, -0.2) is 0 Å². The second-order valence-corrected chi connectivity index (χ2v) is 12.4. The van der Waals surface area contributed by atoms with Gasteiger partial charge >= 0.3 is 0 Å². The highest BCUT2D eigenvalue weighted by molar-refractivity contribution is 7.85. The van der Waals surface area contributed by atoms with Gasteiger partial charge in [0.1, 0.15) is 24.4 Å². The monoisotopic (exact) mass is 570 g/mol. The molecule has 1 aliphatic rings. The van der Waals surface area contributed by atoms with Gasteiger partial charge < -0.3 is 34.8 Å². The predicted octanol–water partition coefficient (Wildman–Crippen LogP) is 1.45. The van der Waals surface area contributed by atoms with Gasteiger partial charge in [0.2, 0.25) is 0 Å². The average molecular weight is 571 g/mol. The lowest BCUT2D eigenvalue weighted by atomic mass is 9.99. The summed E-state index contributed by atoms with van der Waals surface area (Å²) < 4.78 is 42.2. The number of aliphatic hydroxyl groups is 4. The summed E-state index contributed by atoms with van der Waals surface area (Å²) in [6, 6.07) is 0. The van der Waals surface area contributed by atoms with Gasteiger partial charge in [-0.1, -0.05) is 71.1 Å². The van der Waals surface area contributed by atoms with Crippen LogP contribution in [0.5, 0.6) is 0 Å². The van der Waals surface area contributed by atoms with Gasteiger partial charge in [-0.15, -0.1) is 0 Å². The Labute approximate surface area is 230 Å². The largest absolute Gasteiger partial charge is 0.394 e. The van der Waals surface area contributed by atoms with E-state index in [1.165, 1.54) is 75.5 Å². The smallest absolute Gasteiger partial charge is 0.265 e. The highest BCUT2D eigenvalue weighted by Gasteiger charge is 2.43. The zero-order valence-corrected chi connectivity index (χ0v) is 24.3. The van der Waals surface area contributed by atoms with Crippen molar-refractivity contribution < 1.29 is 47.8 Å². The van der Waals surface area contributed by atoms with E-state index in [1.54, 1.807) is 0 Å². The second-order valence-electron chi connectivity index (χ2n) is 10.8. The maximum absolute atomic E-state index is 11.1. The maximum Gasteiger partial charge on any atom is 0.265 e. The van der Waals surface area contributed by atoms with E-state index in [1.807, 2.05) is 0 Å². The van der Waals surface area contributed by atoms with Crippen LogP contribution in [0.2, 0.25) is 0 Å². The summed E-state index contributed by atoms with van der Waals surface area (Å²) in [5, 5.41) is 39.0. The number of unbranched alkanes of at least 4 members (excludes halogenated alkanes) is 12. The molecule has 1 saturated heterocycles. The molecule has 1 fully saturated rings. The van der Waals surface area contributed by atoms with Gasteiger partial charge in [0.25, 0.3) is 10.1 Å². The number of hydrogen-bond donors (Lipinski definition) is 6. The van der Waals surface area contributed by atoms with Crippen LogP contribution >= 0.6 is 0 Å². The fraction of sp³-hybridized carbons (Fsp3) is 1.00. The topological polar surface area (TPSA) is 158 Å². The summed E-state index contributed by atoms with van der Waals surface area (Å²) in [4.78, 5) is 1.30. The summed E-state index contributed by atoms with van der Waals surface area (Å²) in [5.74, 6) is -0.227. The first-order valence-electron chi connectivity index (χ1n) is 14.9. The van der Waals surface area contributed by atoms with Crippen molar-refractivity contribution in [3.8, 4) is 0 Å². The van der Waals surface area contributed by atoms with E-state index >= 15 is 0 Å². The van der Waals surface area contributed by atoms with Gasteiger partial charge in [0.05, 0.1) is 38.6 Å². The Bertz CT molecular complexity index is 665. The molecule has 1 heterocycles. The first-order chi connectivity index (χ1) is 18.2. The van der Waals surface area contributed by atoms with Crippen molar-refractivity contribution in [2.45, 2.75) is 134 Å². The third-order valence-electron chi connectivity index (χ3n) is 7.37. The van der Waals surface area contributed by atoms with E-state index < -0.39 is 47.4 Å². The molecule has 0 aromatic carbocycles. The van der Waals surface area contributed by atoms with E-state index in [4.69, 9.17) is 14.0 Å². The van der Waals surface area contributed by atoms with Crippen molar-refractivity contribution in [2.75, 3.05) is 38.6 Å². The number of ether oxygens (including phenoxy) is 2. The average Bonchev–Trinajstić information content (AvgIpc) is 2.87. The Hall–Kier alpha value is -0.370. The van der Waals surface area contributed by atoms with Crippen molar-refractivity contribution in [3.05, 3.63) is 0 Å². The van der Waals surface area contributed by atoms with Crippen LogP contribution in [-0.2, 0) is 19.6 Å². The molecule has 0 aliphatic carbocycles. The molecule has 6 N–H and O–H groups in total. The summed E-state index contributed by atoms with van der Waals surface area (Å²) >= 11 is 0. The van der Waals surface area contributed by atoms with E-state index in [0.29, 0.717) is 19.4 Å². The summed E-state index contributed by atoms with van der Waals surface area (Å²) in [6.45, 7) is 4.49. The molecule has 0 saturated carbocycles. The Morgan fingerprint density at radius 3 is 1.74 bits per heavy atom. The summed E-state index contributed by atoms with van der Waals surface area (Å²) in [7, 11) is -3.96. The number of quaternary nitrogens is 1. The van der Waals surface area contributed by atoms with Crippen molar-refractivity contribution in [3.63, 3.8) is 0 Å². The number of aliphatic hydroxyl groups excluding tert-OH is 4. The number of nitrogens with one attached hydrogen (secondary N) is 1. The lowest BCUT2D eigenvalue weighted by molar-refractivity contribution is -0.900. The minimum absolute atomic E-state index is 0.227. The molecule has 0 spiro atoms. The van der Waals surface area contributed by atoms with Gasteiger partial charge in [-0.3, -0.25) is 4.55 Å². The van der Waals surface area contributed by atoms with Crippen LogP contribution in [-0.4, -0.2) is 103 Å². The second kappa shape index (κ2) is 21.4. The zero-order valence-electron chi connectivity index (χ0n) is 23.5. The Morgan fingerprint density at radius 2 is 1.21 bits per heavy atom. The first kappa shape index (κ1) is 35.7. The Kier molecular flexibility index (Phi) is 20.1. The quantitative estimate of drug-likeness (QED) is 0.0746. The van der Waals surface area contributed by atoms with Crippen LogP contribution in [0, 0.1) is 0 Å². The SMILES string of the molecule is CCCCCCCCCCCCCC[NH+](CCCCO[C@@H]1O[C@H](CO)[C@@H](O)[C@H](O)[C@H]1O)CCCS(=O)(=O)O. The Balaban J connectivity index is 2.24. The van der Waals surface area contributed by atoms with Crippen LogP contribution in [0.3, 0.4) is 0 Å². The molecule has 0 aromatic rings. The van der Waals surface area contributed by atoms with Gasteiger partial charge in [0.15, 0.2) is 6.29 Å². The normalized spacial score (nSPS) is 25.1. The third-order valence-corrected chi connectivity index (χ3v) is 8.18. The molecule has 0 radical (unpaired) electrons. The highest BCUT2D eigenvalue weighted by atomic mass is 32.2. The zero-order chi connectivity index (χ0) is 28.2. The van der Waals surface area contributed by atoms with Crippen LogP contribution < -0.4 is 4.90 Å². The standard InChI is InChI=1S/C27H55NO9S/c1-2-3-4-5-6-7-8-9-10-11-12-13-17-28(19-16-21-38(33,34)35)18-14-15-20-36-27-26(32)25(31)24(30)23(22-29)37-27/h23-27,29-32H,2-22H2,1H3,(H,33,34,35)/p+1/t23-,24-,25+,26-,27-/m1/s1. The van der Waals surface area contributed by atoms with Crippen LogP contribution in [0.4, 0.5) is 0 Å². The Morgan fingerprint density at radius 1 is 0.711 bits per heavy atom. The number of rotatable bonds is 24. The van der Waals surface area contributed by atoms with Crippen molar-refractivity contribution in [1.29, 1.82) is 0 Å². The van der Waals surface area contributed by atoms with Gasteiger partial charge in [-0.05, 0) is 25.7 Å². The predicted molar refractivity (Wildman–Crippen MR) is 147 cm³/mol. The third kappa shape index (κ3) is 16.7. The molecule has 1 aliphatic heterocycles. The first-order valence-corrected chi connectivity index (χ1v) is 16.5. The van der Waals surface area contributed by atoms with Gasteiger partial charge in [0, 0.05) is 6.42 Å². The number of hydrogen-bond acceptors (Lipinski definition) is 8. The molecule has 10 nitrogen and oxygen atoms in total.